The van der Waals surface area contributed by atoms with Crippen LogP contribution in [0.15, 0.2) is 51.4 Å². The topological polar surface area (TPSA) is 35.5 Å². The molecule has 4 aromatic rings. The zero-order chi connectivity index (χ0) is 24.8. The first-order chi connectivity index (χ1) is 17.5. The molecule has 0 fully saturated rings. The second-order valence-corrected chi connectivity index (χ2v) is 11.6. The fourth-order valence-electron chi connectivity index (χ4n) is 6.07. The summed E-state index contributed by atoms with van der Waals surface area (Å²) in [7, 11) is -1.70. The van der Waals surface area contributed by atoms with E-state index in [-0.39, 0.29) is 0 Å². The van der Waals surface area contributed by atoms with Crippen LogP contribution in [0.2, 0.25) is 0 Å². The van der Waals surface area contributed by atoms with Crippen LogP contribution in [0, 0.1) is 6.92 Å². The lowest BCUT2D eigenvalue weighted by atomic mass is 9.81. The van der Waals surface area contributed by atoms with Crippen molar-refractivity contribution in [2.24, 2.45) is 0 Å². The van der Waals surface area contributed by atoms with Gasteiger partial charge < -0.3 is 12.9 Å². The molecule has 1 atom stereocenters. The van der Waals surface area contributed by atoms with Gasteiger partial charge in [-0.05, 0) is 110 Å². The van der Waals surface area contributed by atoms with Crippen LogP contribution in [0.3, 0.4) is 0 Å². The molecule has 1 heterocycles. The van der Waals surface area contributed by atoms with E-state index in [2.05, 4.69) is 45.5 Å². The fourth-order valence-corrected chi connectivity index (χ4v) is 7.24. The predicted octanol–water partition coefficient (Wildman–Crippen LogP) is 9.96. The molecule has 0 spiro atoms. The summed E-state index contributed by atoms with van der Waals surface area (Å²) in [6.45, 7) is 10.8. The molecular formula is C32H35O3P. The molecule has 36 heavy (non-hydrogen) atoms. The van der Waals surface area contributed by atoms with Crippen molar-refractivity contribution < 1.29 is 12.9 Å². The molecule has 0 N–H and O–H groups in total. The second kappa shape index (κ2) is 9.52. The first-order valence-electron chi connectivity index (χ1n) is 13.4. The van der Waals surface area contributed by atoms with Crippen molar-refractivity contribution >= 4 is 36.3 Å². The predicted molar refractivity (Wildman–Crippen MR) is 151 cm³/mol. The summed E-state index contributed by atoms with van der Waals surface area (Å²) in [5.74, 6) is 1.14. The lowest BCUT2D eigenvalue weighted by Crippen LogP contribution is -2.08. The fraction of sp³-hybridized carbons (Fsp3) is 0.375. The van der Waals surface area contributed by atoms with Gasteiger partial charge >= 0.3 is 8.24 Å². The molecule has 1 unspecified atom stereocenters. The van der Waals surface area contributed by atoms with E-state index >= 15 is 0 Å². The van der Waals surface area contributed by atoms with Crippen LogP contribution in [0.1, 0.15) is 84.4 Å². The molecule has 2 aliphatic carbocycles. The highest BCUT2D eigenvalue weighted by Crippen LogP contribution is 2.46. The summed E-state index contributed by atoms with van der Waals surface area (Å²) >= 11 is 0. The van der Waals surface area contributed by atoms with Gasteiger partial charge in [-0.15, -0.1) is 0 Å². The van der Waals surface area contributed by atoms with Crippen molar-refractivity contribution in [3.8, 4) is 5.75 Å². The molecule has 3 aromatic carbocycles. The maximum atomic E-state index is 6.83. The standard InChI is InChI=1S/C32H35O3P/c1-5-22-18-23-13-7-9-15-25(23)29-30-26-16-10-8-14-24(26)19-27(20(2)3)32(30)35-36(34-31(22)29)33-28-17-11-6-12-21(28)4/h5-6,11-12,17-20H,1,7-10,13-16H2,2-4H3. The van der Waals surface area contributed by atoms with Crippen molar-refractivity contribution in [2.45, 2.75) is 78.1 Å². The minimum Gasteiger partial charge on any atom is -0.390 e. The van der Waals surface area contributed by atoms with E-state index < -0.39 is 8.24 Å². The van der Waals surface area contributed by atoms with E-state index in [1.165, 1.54) is 64.3 Å². The number of benzene rings is 3. The van der Waals surface area contributed by atoms with Crippen molar-refractivity contribution in [1.29, 1.82) is 0 Å². The smallest absolute Gasteiger partial charge is 0.390 e. The Balaban J connectivity index is 1.81. The van der Waals surface area contributed by atoms with Gasteiger partial charge in [0.1, 0.15) is 11.3 Å². The lowest BCUT2D eigenvalue weighted by molar-refractivity contribution is 0.494. The molecule has 0 amide bonds. The minimum absolute atomic E-state index is 0.334. The molecule has 0 radical (unpaired) electrons. The molecule has 2 aliphatic rings. The highest BCUT2D eigenvalue weighted by atomic mass is 31.1. The highest BCUT2D eigenvalue weighted by Gasteiger charge is 2.26. The Labute approximate surface area is 214 Å². The SMILES string of the molecule is C=Cc1cc2c(c3c1op(Oc1ccccc1C)oc1c(C(C)C)cc4c(c13)CCCC4)CCCC2. The number of aryl methyl sites for hydroxylation is 5. The van der Waals surface area contributed by atoms with Crippen LogP contribution in [-0.4, -0.2) is 0 Å². The normalized spacial score (nSPS) is 15.6. The Morgan fingerprint density at radius 1 is 0.861 bits per heavy atom. The van der Waals surface area contributed by atoms with Crippen LogP contribution in [0.4, 0.5) is 0 Å². The third-order valence-electron chi connectivity index (χ3n) is 7.95. The van der Waals surface area contributed by atoms with Crippen LogP contribution in [-0.2, 0) is 25.7 Å². The van der Waals surface area contributed by atoms with Gasteiger partial charge in [0.25, 0.3) is 0 Å². The van der Waals surface area contributed by atoms with E-state index in [0.29, 0.717) is 5.92 Å². The molecule has 6 rings (SSSR count). The van der Waals surface area contributed by atoms with Crippen molar-refractivity contribution in [3.63, 3.8) is 0 Å². The number of hydrogen-bond acceptors (Lipinski definition) is 3. The van der Waals surface area contributed by atoms with Crippen LogP contribution >= 0.6 is 8.24 Å². The number of hydrogen-bond donors (Lipinski definition) is 0. The van der Waals surface area contributed by atoms with E-state index in [1.807, 2.05) is 24.3 Å². The first-order valence-corrected chi connectivity index (χ1v) is 14.5. The number of para-hydroxylation sites is 1. The van der Waals surface area contributed by atoms with Crippen molar-refractivity contribution in [2.75, 3.05) is 0 Å². The Hall–Kier alpha value is -2.90. The van der Waals surface area contributed by atoms with Gasteiger partial charge in [0, 0.05) is 16.3 Å². The summed E-state index contributed by atoms with van der Waals surface area (Å²) in [5.41, 5.74) is 11.0. The van der Waals surface area contributed by atoms with Crippen LogP contribution < -0.4 is 4.52 Å². The Kier molecular flexibility index (Phi) is 6.21. The van der Waals surface area contributed by atoms with Crippen molar-refractivity contribution in [3.05, 3.63) is 81.9 Å². The van der Waals surface area contributed by atoms with Crippen molar-refractivity contribution in [1.82, 2.24) is 0 Å². The first kappa shape index (κ1) is 23.5. The average molecular weight is 499 g/mol. The van der Waals surface area contributed by atoms with Gasteiger partial charge in [0.15, 0.2) is 5.58 Å². The Morgan fingerprint density at radius 2 is 1.47 bits per heavy atom. The molecular weight excluding hydrogens is 463 g/mol. The van der Waals surface area contributed by atoms with E-state index in [1.54, 1.807) is 0 Å². The monoisotopic (exact) mass is 498 g/mol. The molecule has 186 valence electrons. The molecule has 0 aliphatic heterocycles. The van der Waals surface area contributed by atoms with Gasteiger partial charge in [-0.1, -0.05) is 50.8 Å². The third-order valence-corrected chi connectivity index (χ3v) is 8.96. The highest BCUT2D eigenvalue weighted by molar-refractivity contribution is 7.32. The second-order valence-electron chi connectivity index (χ2n) is 10.7. The summed E-state index contributed by atoms with van der Waals surface area (Å²) in [6, 6.07) is 12.8. The molecule has 0 bridgehead atoms. The maximum Gasteiger partial charge on any atom is 0.453 e. The number of fused-ring (bicyclic) bond motifs is 7. The molecule has 4 heteroatoms. The van der Waals surface area contributed by atoms with Gasteiger partial charge in [-0.3, -0.25) is 0 Å². The average Bonchev–Trinajstić information content (AvgIpc) is 3.06. The van der Waals surface area contributed by atoms with Gasteiger partial charge in [-0.2, -0.15) is 0 Å². The minimum atomic E-state index is -1.70. The maximum absolute atomic E-state index is 6.83. The lowest BCUT2D eigenvalue weighted by Gasteiger charge is -2.23. The van der Waals surface area contributed by atoms with E-state index in [0.717, 1.165) is 53.7 Å². The quantitative estimate of drug-likeness (QED) is 0.281. The zero-order valence-electron chi connectivity index (χ0n) is 21.7. The zero-order valence-corrected chi connectivity index (χ0v) is 22.5. The Morgan fingerprint density at radius 3 is 2.14 bits per heavy atom. The summed E-state index contributed by atoms with van der Waals surface area (Å²) in [4.78, 5) is 0. The molecule has 0 saturated carbocycles. The Bertz CT molecular complexity index is 1530. The third kappa shape index (κ3) is 3.98. The van der Waals surface area contributed by atoms with Crippen LogP contribution in [0.5, 0.6) is 5.75 Å². The molecule has 1 aromatic heterocycles. The molecule has 0 saturated heterocycles. The largest absolute Gasteiger partial charge is 0.453 e. The summed E-state index contributed by atoms with van der Waals surface area (Å²) < 4.78 is 20.1. The molecule has 3 nitrogen and oxygen atoms in total. The van der Waals surface area contributed by atoms with Gasteiger partial charge in [0.2, 0.25) is 0 Å². The van der Waals surface area contributed by atoms with E-state index in [4.69, 9.17) is 12.9 Å². The summed E-state index contributed by atoms with van der Waals surface area (Å²) in [5, 5.41) is 2.52. The summed E-state index contributed by atoms with van der Waals surface area (Å²) in [6.07, 6.45) is 11.3. The van der Waals surface area contributed by atoms with Gasteiger partial charge in [0.05, 0.1) is 0 Å². The number of rotatable bonds is 4. The van der Waals surface area contributed by atoms with Gasteiger partial charge in [-0.25, -0.2) is 0 Å². The van der Waals surface area contributed by atoms with Crippen LogP contribution in [0.25, 0.3) is 28.0 Å². The van der Waals surface area contributed by atoms with E-state index in [9.17, 15) is 0 Å².